The summed E-state index contributed by atoms with van der Waals surface area (Å²) in [6.45, 7) is 8.34. The second kappa shape index (κ2) is 9.97. The van der Waals surface area contributed by atoms with Crippen molar-refractivity contribution in [2.24, 2.45) is 11.3 Å². The van der Waals surface area contributed by atoms with E-state index in [2.05, 4.69) is 26.1 Å². The third-order valence-electron chi connectivity index (χ3n) is 6.82. The minimum atomic E-state index is -1.04. The molecule has 1 aliphatic carbocycles. The van der Waals surface area contributed by atoms with E-state index in [1.54, 1.807) is 0 Å². The summed E-state index contributed by atoms with van der Waals surface area (Å²) in [5, 5.41) is 3.06. The lowest BCUT2D eigenvalue weighted by molar-refractivity contribution is -0.130. The van der Waals surface area contributed by atoms with Gasteiger partial charge in [-0.1, -0.05) is 50.7 Å². The van der Waals surface area contributed by atoms with Gasteiger partial charge in [-0.25, -0.2) is 4.79 Å². The first kappa shape index (κ1) is 25.2. The smallest absolute Gasteiger partial charge is 0.339 e. The number of carbonyl (C=O) groups excluding carboxylic acids is 4. The van der Waals surface area contributed by atoms with Crippen LogP contribution in [-0.4, -0.2) is 57.9 Å². The van der Waals surface area contributed by atoms with Crippen LogP contribution in [0.1, 0.15) is 55.7 Å². The molecule has 0 spiro atoms. The van der Waals surface area contributed by atoms with Crippen molar-refractivity contribution in [3.63, 3.8) is 0 Å². The Morgan fingerprint density at radius 1 is 1.26 bits per heavy atom. The number of rotatable bonds is 6. The molecule has 0 unspecified atom stereocenters. The van der Waals surface area contributed by atoms with Crippen LogP contribution in [-0.2, 0) is 27.2 Å². The van der Waals surface area contributed by atoms with Gasteiger partial charge in [-0.05, 0) is 49.1 Å². The monoisotopic (exact) mass is 497 g/mol. The Balaban J connectivity index is 1.50. The number of imide groups is 1. The fraction of sp³-hybridized carbons (Fsp3) is 0.500. The predicted molar refractivity (Wildman–Crippen MR) is 134 cm³/mol. The van der Waals surface area contributed by atoms with Crippen molar-refractivity contribution in [1.29, 1.82) is 0 Å². The number of para-hydroxylation sites is 1. The lowest BCUT2D eigenvalue weighted by atomic mass is 9.70. The fourth-order valence-electron chi connectivity index (χ4n) is 4.67. The molecule has 4 rings (SSSR count). The zero-order chi connectivity index (χ0) is 25.3. The summed E-state index contributed by atoms with van der Waals surface area (Å²) in [6, 6.07) is 7.51. The molecular formula is C26H31N3O5S. The van der Waals surface area contributed by atoms with Crippen LogP contribution in [0.5, 0.6) is 0 Å². The van der Waals surface area contributed by atoms with Gasteiger partial charge in [0, 0.05) is 24.2 Å². The molecule has 1 N–H and O–H groups in total. The molecule has 186 valence electrons. The predicted octanol–water partition coefficient (Wildman–Crippen LogP) is 3.74. The zero-order valence-electron chi connectivity index (χ0n) is 20.6. The van der Waals surface area contributed by atoms with E-state index >= 15 is 0 Å². The number of nitrogens with one attached hydrogen (secondary N) is 1. The number of carbonyl (C=O) groups is 4. The van der Waals surface area contributed by atoms with Gasteiger partial charge in [0.25, 0.3) is 11.1 Å². The van der Waals surface area contributed by atoms with Gasteiger partial charge in [0.15, 0.2) is 6.10 Å². The molecule has 1 aromatic heterocycles. The van der Waals surface area contributed by atoms with E-state index in [9.17, 15) is 19.2 Å². The molecule has 1 saturated heterocycles. The number of benzene rings is 1. The number of aryl methyl sites for hydroxylation is 1. The van der Waals surface area contributed by atoms with Gasteiger partial charge in [0.05, 0.1) is 16.8 Å². The fourth-order valence-corrected chi connectivity index (χ4v) is 5.42. The number of esters is 1. The molecule has 1 aromatic carbocycles. The third-order valence-corrected chi connectivity index (χ3v) is 7.67. The first-order chi connectivity index (χ1) is 16.6. The number of nitrogens with zero attached hydrogens (tertiary/aromatic N) is 2. The van der Waals surface area contributed by atoms with E-state index in [0.29, 0.717) is 11.5 Å². The average Bonchev–Trinajstić information content (AvgIpc) is 3.13. The van der Waals surface area contributed by atoms with Crippen LogP contribution < -0.4 is 5.32 Å². The van der Waals surface area contributed by atoms with E-state index in [-0.39, 0.29) is 35.4 Å². The minimum Gasteiger partial charge on any atom is -0.449 e. The summed E-state index contributed by atoms with van der Waals surface area (Å²) in [4.78, 5) is 55.4. The van der Waals surface area contributed by atoms with Gasteiger partial charge in [-0.3, -0.25) is 24.3 Å². The van der Waals surface area contributed by atoms with Gasteiger partial charge >= 0.3 is 5.97 Å². The maximum Gasteiger partial charge on any atom is 0.339 e. The summed E-state index contributed by atoms with van der Waals surface area (Å²) in [5.74, 6) is -0.763. The molecule has 1 aliphatic heterocycles. The number of hydrogen-bond acceptors (Lipinski definition) is 7. The first-order valence-electron chi connectivity index (χ1n) is 11.9. The number of hydrogen-bond donors (Lipinski definition) is 1. The van der Waals surface area contributed by atoms with Crippen molar-refractivity contribution in [1.82, 2.24) is 15.2 Å². The van der Waals surface area contributed by atoms with E-state index in [1.165, 1.54) is 6.92 Å². The van der Waals surface area contributed by atoms with Crippen molar-refractivity contribution < 1.29 is 23.9 Å². The number of fused-ring (bicyclic) bond motifs is 2. The molecule has 0 bridgehead atoms. The Labute approximate surface area is 209 Å². The molecule has 35 heavy (non-hydrogen) atoms. The summed E-state index contributed by atoms with van der Waals surface area (Å²) >= 11 is 0.948. The van der Waals surface area contributed by atoms with Crippen molar-refractivity contribution in [2.45, 2.75) is 53.1 Å². The molecule has 0 radical (unpaired) electrons. The highest BCUT2D eigenvalue weighted by atomic mass is 32.2. The topological polar surface area (TPSA) is 106 Å². The van der Waals surface area contributed by atoms with Crippen LogP contribution in [0, 0.1) is 11.3 Å². The van der Waals surface area contributed by atoms with E-state index in [1.807, 2.05) is 24.3 Å². The number of amides is 3. The lowest BCUT2D eigenvalue weighted by Crippen LogP contribution is -2.41. The van der Waals surface area contributed by atoms with Crippen molar-refractivity contribution in [3.05, 3.63) is 41.1 Å². The van der Waals surface area contributed by atoms with Gasteiger partial charge < -0.3 is 10.1 Å². The van der Waals surface area contributed by atoms with Crippen LogP contribution in [0.2, 0.25) is 0 Å². The molecule has 2 aromatic rings. The van der Waals surface area contributed by atoms with Crippen LogP contribution >= 0.6 is 11.8 Å². The molecule has 8 nitrogen and oxygen atoms in total. The molecule has 0 saturated carbocycles. The molecule has 1 fully saturated rings. The zero-order valence-corrected chi connectivity index (χ0v) is 21.4. The molecule has 2 aliphatic rings. The van der Waals surface area contributed by atoms with Gasteiger partial charge in [0.2, 0.25) is 5.91 Å². The maximum atomic E-state index is 13.4. The van der Waals surface area contributed by atoms with E-state index in [4.69, 9.17) is 9.72 Å². The molecule has 3 amide bonds. The Bertz CT molecular complexity index is 1170. The Morgan fingerprint density at radius 2 is 2.00 bits per heavy atom. The largest absolute Gasteiger partial charge is 0.449 e. The van der Waals surface area contributed by atoms with Crippen molar-refractivity contribution >= 4 is 45.7 Å². The normalized spacial score (nSPS) is 19.0. The number of ether oxygens (including phenoxy) is 1. The standard InChI is InChI=1S/C26H31N3O5S/c1-15(23(31)27-11-12-29-21(30)14-35-25(29)33)34-24(32)22-17-7-5-6-8-19(17)28-20-10-9-16(13-18(20)22)26(2,3)4/h5-8,15-16H,9-14H2,1-4H3,(H,27,31)/t15-,16+/m0/s1. The third kappa shape index (κ3) is 5.34. The maximum absolute atomic E-state index is 13.4. The van der Waals surface area contributed by atoms with Crippen LogP contribution in [0.15, 0.2) is 24.3 Å². The second-order valence-electron chi connectivity index (χ2n) is 10.2. The quantitative estimate of drug-likeness (QED) is 0.606. The van der Waals surface area contributed by atoms with Crippen LogP contribution in [0.4, 0.5) is 4.79 Å². The van der Waals surface area contributed by atoms with E-state index < -0.39 is 18.0 Å². The summed E-state index contributed by atoms with van der Waals surface area (Å²) in [6.07, 6.45) is 1.50. The minimum absolute atomic E-state index is 0.0910. The average molecular weight is 498 g/mol. The molecule has 2 atom stereocenters. The van der Waals surface area contributed by atoms with Gasteiger partial charge in [-0.2, -0.15) is 0 Å². The lowest BCUT2D eigenvalue weighted by Gasteiger charge is -2.35. The Kier molecular flexibility index (Phi) is 7.17. The summed E-state index contributed by atoms with van der Waals surface area (Å²) in [7, 11) is 0. The molecular weight excluding hydrogens is 466 g/mol. The second-order valence-corrected chi connectivity index (χ2v) is 11.1. The van der Waals surface area contributed by atoms with Crippen LogP contribution in [0.3, 0.4) is 0 Å². The van der Waals surface area contributed by atoms with E-state index in [0.717, 1.165) is 58.1 Å². The Hall–Kier alpha value is -2.94. The van der Waals surface area contributed by atoms with Crippen LogP contribution in [0.25, 0.3) is 10.9 Å². The highest BCUT2D eigenvalue weighted by Crippen LogP contribution is 2.39. The molecule has 2 heterocycles. The molecule has 9 heteroatoms. The SMILES string of the molecule is C[C@H](OC(=O)c1c2c(nc3ccccc13)CC[C@@H](C(C)(C)C)C2)C(=O)NCCN1C(=O)CSC1=O. The first-order valence-corrected chi connectivity index (χ1v) is 12.9. The number of thioether (sulfide) groups is 1. The van der Waals surface area contributed by atoms with Crippen molar-refractivity contribution in [3.8, 4) is 0 Å². The van der Waals surface area contributed by atoms with Gasteiger partial charge in [-0.15, -0.1) is 0 Å². The van der Waals surface area contributed by atoms with Gasteiger partial charge in [0.1, 0.15) is 0 Å². The number of pyridine rings is 1. The Morgan fingerprint density at radius 3 is 2.69 bits per heavy atom. The summed E-state index contributed by atoms with van der Waals surface area (Å²) < 4.78 is 5.63. The highest BCUT2D eigenvalue weighted by molar-refractivity contribution is 8.14. The highest BCUT2D eigenvalue weighted by Gasteiger charge is 2.34. The number of aromatic nitrogens is 1. The van der Waals surface area contributed by atoms with Crippen molar-refractivity contribution in [2.75, 3.05) is 18.8 Å². The summed E-state index contributed by atoms with van der Waals surface area (Å²) in [5.41, 5.74) is 3.16.